The van der Waals surface area contributed by atoms with Crippen LogP contribution in [0, 0.1) is 0 Å². The van der Waals surface area contributed by atoms with E-state index >= 15 is 0 Å². The van der Waals surface area contributed by atoms with Crippen molar-refractivity contribution >= 4 is 32.3 Å². The number of fused-ring (bicyclic) bond motifs is 1. The summed E-state index contributed by atoms with van der Waals surface area (Å²) in [5, 5.41) is -0.598. The molecular formula is C20H6F12N2S2. The first-order chi connectivity index (χ1) is 16.3. The van der Waals surface area contributed by atoms with Crippen LogP contribution in [0.25, 0.3) is 30.8 Å². The summed E-state index contributed by atoms with van der Waals surface area (Å²) in [6, 6.07) is 1.65. The first kappa shape index (κ1) is 26.2. The number of rotatable bonds is 2. The van der Waals surface area contributed by atoms with Crippen molar-refractivity contribution in [3.8, 4) is 21.1 Å². The zero-order chi connectivity index (χ0) is 26.8. The van der Waals surface area contributed by atoms with Gasteiger partial charge in [0.2, 0.25) is 0 Å². The standard InChI is InChI=1S/C20H6F12N2S2/c21-17(22,23)9-1-7(2-10(5-9)18(24,25)26)13-33-15-16(35-13)34-14(36-15)8-3-11(19(27,28)29)6-12(4-8)20(30,31)32/h1-6H. The normalized spacial score (nSPS) is 13.6. The number of nitrogens with zero attached hydrogens (tertiary/aromatic N) is 2. The van der Waals surface area contributed by atoms with Crippen LogP contribution >= 0.6 is 22.7 Å². The molecule has 0 aliphatic heterocycles. The van der Waals surface area contributed by atoms with Crippen LogP contribution in [0.3, 0.4) is 0 Å². The Hall–Kier alpha value is -2.88. The van der Waals surface area contributed by atoms with Gasteiger partial charge >= 0.3 is 24.7 Å². The van der Waals surface area contributed by atoms with Crippen LogP contribution in [0.4, 0.5) is 52.7 Å². The first-order valence-corrected chi connectivity index (χ1v) is 10.8. The summed E-state index contributed by atoms with van der Waals surface area (Å²) >= 11 is 1.07. The molecule has 0 radical (unpaired) electrons. The molecule has 0 bridgehead atoms. The minimum absolute atomic E-state index is 0.0678. The monoisotopic (exact) mass is 566 g/mol. The third-order valence-corrected chi connectivity index (χ3v) is 6.77. The molecule has 36 heavy (non-hydrogen) atoms. The smallest absolute Gasteiger partial charge is 0.223 e. The Morgan fingerprint density at radius 2 is 0.667 bits per heavy atom. The van der Waals surface area contributed by atoms with Crippen molar-refractivity contribution < 1.29 is 52.7 Å². The average Bonchev–Trinajstić information content (AvgIpc) is 3.30. The Labute approximate surface area is 199 Å². The van der Waals surface area contributed by atoms with Crippen molar-refractivity contribution in [2.24, 2.45) is 0 Å². The molecule has 2 heterocycles. The topological polar surface area (TPSA) is 25.8 Å². The quantitative estimate of drug-likeness (QED) is 0.226. The molecule has 0 saturated carbocycles. The lowest BCUT2D eigenvalue weighted by Crippen LogP contribution is -2.11. The van der Waals surface area contributed by atoms with E-state index in [1.165, 1.54) is 0 Å². The summed E-state index contributed by atoms with van der Waals surface area (Å²) in [6.07, 6.45) is -20.4. The summed E-state index contributed by atoms with van der Waals surface area (Å²) < 4.78 is 157. The molecule has 4 rings (SSSR count). The number of benzene rings is 2. The van der Waals surface area contributed by atoms with Gasteiger partial charge in [-0.2, -0.15) is 52.7 Å². The fraction of sp³-hybridized carbons (Fsp3) is 0.200. The molecule has 0 atom stereocenters. The van der Waals surface area contributed by atoms with Crippen molar-refractivity contribution in [3.05, 3.63) is 58.7 Å². The van der Waals surface area contributed by atoms with E-state index in [9.17, 15) is 52.7 Å². The molecule has 0 fully saturated rings. The zero-order valence-electron chi connectivity index (χ0n) is 16.7. The molecule has 0 N–H and O–H groups in total. The zero-order valence-corrected chi connectivity index (χ0v) is 18.3. The lowest BCUT2D eigenvalue weighted by molar-refractivity contribution is -0.144. The molecule has 0 aliphatic carbocycles. The van der Waals surface area contributed by atoms with E-state index in [4.69, 9.17) is 0 Å². The number of halogens is 12. The average molecular weight is 566 g/mol. The number of alkyl halides is 12. The third kappa shape index (κ3) is 5.28. The van der Waals surface area contributed by atoms with Gasteiger partial charge < -0.3 is 0 Å². The van der Waals surface area contributed by atoms with Crippen molar-refractivity contribution in [1.82, 2.24) is 9.97 Å². The molecule has 0 saturated heterocycles. The van der Waals surface area contributed by atoms with E-state index in [0.29, 0.717) is 46.9 Å². The van der Waals surface area contributed by atoms with Crippen molar-refractivity contribution in [3.63, 3.8) is 0 Å². The predicted molar refractivity (Wildman–Crippen MR) is 106 cm³/mol. The van der Waals surface area contributed by atoms with Gasteiger partial charge in [-0.1, -0.05) is 22.7 Å². The fourth-order valence-corrected chi connectivity index (χ4v) is 5.06. The van der Waals surface area contributed by atoms with Crippen LogP contribution in [0.1, 0.15) is 22.3 Å². The van der Waals surface area contributed by atoms with Gasteiger partial charge in [0.15, 0.2) is 9.66 Å². The van der Waals surface area contributed by atoms with E-state index in [1.54, 1.807) is 0 Å². The molecular weight excluding hydrogens is 560 g/mol. The number of aromatic nitrogens is 2. The molecule has 2 nitrogen and oxygen atoms in total. The molecule has 4 aromatic rings. The highest BCUT2D eigenvalue weighted by atomic mass is 32.1. The Morgan fingerprint density at radius 3 is 0.889 bits per heavy atom. The second-order valence-electron chi connectivity index (χ2n) is 7.24. The van der Waals surface area contributed by atoms with Gasteiger partial charge in [-0.3, -0.25) is 0 Å². The lowest BCUT2D eigenvalue weighted by atomic mass is 10.1. The molecule has 2 aromatic carbocycles. The van der Waals surface area contributed by atoms with Gasteiger partial charge in [-0.15, -0.1) is 0 Å². The van der Waals surface area contributed by atoms with Crippen molar-refractivity contribution in [1.29, 1.82) is 0 Å². The molecule has 0 unspecified atom stereocenters. The molecule has 2 aromatic heterocycles. The highest BCUT2D eigenvalue weighted by molar-refractivity contribution is 7.29. The molecule has 0 amide bonds. The lowest BCUT2D eigenvalue weighted by Gasteiger charge is -2.13. The molecule has 16 heteroatoms. The first-order valence-electron chi connectivity index (χ1n) is 9.19. The number of thiazole rings is 2. The van der Waals surface area contributed by atoms with E-state index in [2.05, 4.69) is 9.97 Å². The van der Waals surface area contributed by atoms with Gasteiger partial charge in [0.1, 0.15) is 10.0 Å². The maximum Gasteiger partial charge on any atom is 0.416 e. The van der Waals surface area contributed by atoms with Gasteiger partial charge in [0, 0.05) is 11.1 Å². The Balaban J connectivity index is 1.81. The summed E-state index contributed by atoms with van der Waals surface area (Å²) in [7, 11) is 0. The highest BCUT2D eigenvalue weighted by Crippen LogP contribution is 2.43. The Kier molecular flexibility index (Phi) is 6.06. The fourth-order valence-electron chi connectivity index (χ4n) is 3.05. The third-order valence-electron chi connectivity index (χ3n) is 4.65. The molecule has 192 valence electrons. The van der Waals surface area contributed by atoms with Crippen LogP contribution in [-0.4, -0.2) is 9.97 Å². The van der Waals surface area contributed by atoms with E-state index in [-0.39, 0.29) is 31.8 Å². The van der Waals surface area contributed by atoms with Crippen molar-refractivity contribution in [2.45, 2.75) is 24.7 Å². The minimum Gasteiger partial charge on any atom is -0.223 e. The van der Waals surface area contributed by atoms with Crippen LogP contribution in [0.5, 0.6) is 0 Å². The highest BCUT2D eigenvalue weighted by Gasteiger charge is 2.38. The second kappa shape index (κ2) is 8.33. The second-order valence-corrected chi connectivity index (χ2v) is 9.19. The van der Waals surface area contributed by atoms with Crippen LogP contribution in [0.2, 0.25) is 0 Å². The van der Waals surface area contributed by atoms with Crippen molar-refractivity contribution in [2.75, 3.05) is 0 Å². The predicted octanol–water partition coefficient (Wildman–Crippen LogP) is 9.16. The van der Waals surface area contributed by atoms with Gasteiger partial charge in [0.05, 0.1) is 22.3 Å². The minimum atomic E-state index is -5.10. The van der Waals surface area contributed by atoms with Crippen LogP contribution in [-0.2, 0) is 24.7 Å². The van der Waals surface area contributed by atoms with E-state index in [1.807, 2.05) is 0 Å². The molecule has 0 aliphatic rings. The molecule has 0 spiro atoms. The number of hydrogen-bond donors (Lipinski definition) is 0. The van der Waals surface area contributed by atoms with Crippen LogP contribution in [0.15, 0.2) is 36.4 Å². The van der Waals surface area contributed by atoms with Crippen LogP contribution < -0.4 is 0 Å². The summed E-state index contributed by atoms with van der Waals surface area (Å²) in [5.41, 5.74) is -7.39. The maximum atomic E-state index is 13.1. The summed E-state index contributed by atoms with van der Waals surface area (Å²) in [4.78, 5) is 7.64. The maximum absolute atomic E-state index is 13.1. The number of hydrogen-bond acceptors (Lipinski definition) is 4. The Morgan fingerprint density at radius 1 is 0.417 bits per heavy atom. The van der Waals surface area contributed by atoms with E-state index in [0.717, 1.165) is 0 Å². The van der Waals surface area contributed by atoms with Gasteiger partial charge in [-0.25, -0.2) is 9.97 Å². The van der Waals surface area contributed by atoms with E-state index < -0.39 is 58.1 Å². The summed E-state index contributed by atoms with van der Waals surface area (Å²) in [5.74, 6) is 0. The van der Waals surface area contributed by atoms with Gasteiger partial charge in [0.25, 0.3) is 0 Å². The Bertz CT molecular complexity index is 1240. The SMILES string of the molecule is FC(F)(F)c1cc(-c2nc3sc(-c4cc(C(F)(F)F)cc(C(F)(F)F)c4)nc3s2)cc(C(F)(F)F)c1. The largest absolute Gasteiger partial charge is 0.416 e. The van der Waals surface area contributed by atoms with Gasteiger partial charge in [-0.05, 0) is 36.4 Å². The summed E-state index contributed by atoms with van der Waals surface area (Å²) in [6.45, 7) is 0.